The van der Waals surface area contributed by atoms with Gasteiger partial charge in [0.05, 0.1) is 12.5 Å². The summed E-state index contributed by atoms with van der Waals surface area (Å²) in [5, 5.41) is 0.111. The second-order valence-electron chi connectivity index (χ2n) is 8.60. The first-order valence-electron chi connectivity index (χ1n) is 7.87. The summed E-state index contributed by atoms with van der Waals surface area (Å²) >= 11 is 0. The van der Waals surface area contributed by atoms with E-state index < -0.39 is 20.0 Å². The van der Waals surface area contributed by atoms with Crippen LogP contribution in [0.3, 0.4) is 0 Å². The first-order chi connectivity index (χ1) is 9.73. The summed E-state index contributed by atoms with van der Waals surface area (Å²) in [5.74, 6) is -0.175. The summed E-state index contributed by atoms with van der Waals surface area (Å²) in [6, 6.07) is 0. The van der Waals surface area contributed by atoms with E-state index in [9.17, 15) is 9.59 Å². The van der Waals surface area contributed by atoms with Gasteiger partial charge in [-0.1, -0.05) is 20.8 Å². The van der Waals surface area contributed by atoms with E-state index >= 15 is 0 Å². The SMILES string of the molecule is CC(C)(C)OC(=O)N1CC(=O)[C@H](CO[Si](C)(C)C(C)(C)C)C1. The van der Waals surface area contributed by atoms with Crippen molar-refractivity contribution in [2.24, 2.45) is 5.92 Å². The average Bonchev–Trinajstić information content (AvgIpc) is 2.64. The van der Waals surface area contributed by atoms with Crippen LogP contribution >= 0.6 is 0 Å². The van der Waals surface area contributed by atoms with E-state index in [1.807, 2.05) is 20.8 Å². The van der Waals surface area contributed by atoms with Gasteiger partial charge in [-0.3, -0.25) is 4.79 Å². The van der Waals surface area contributed by atoms with Crippen molar-refractivity contribution in [3.63, 3.8) is 0 Å². The van der Waals surface area contributed by atoms with Crippen molar-refractivity contribution >= 4 is 20.2 Å². The van der Waals surface area contributed by atoms with Crippen LogP contribution in [0.4, 0.5) is 4.79 Å². The lowest BCUT2D eigenvalue weighted by Crippen LogP contribution is -2.42. The molecule has 1 atom stereocenters. The molecule has 0 aromatic carbocycles. The second-order valence-corrected chi connectivity index (χ2v) is 13.4. The van der Waals surface area contributed by atoms with E-state index in [1.54, 1.807) is 0 Å². The van der Waals surface area contributed by atoms with Gasteiger partial charge in [0.1, 0.15) is 5.60 Å². The zero-order valence-electron chi connectivity index (χ0n) is 15.3. The molecule has 0 aromatic rings. The van der Waals surface area contributed by atoms with Gasteiger partial charge in [-0.2, -0.15) is 0 Å². The lowest BCUT2D eigenvalue weighted by Gasteiger charge is -2.36. The highest BCUT2D eigenvalue weighted by molar-refractivity contribution is 6.74. The molecule has 0 unspecified atom stereocenters. The Labute approximate surface area is 135 Å². The Bertz CT molecular complexity index is 434. The summed E-state index contributed by atoms with van der Waals surface area (Å²) in [4.78, 5) is 25.6. The Morgan fingerprint density at radius 1 is 1.23 bits per heavy atom. The smallest absolute Gasteiger partial charge is 0.410 e. The largest absolute Gasteiger partial charge is 0.444 e. The first-order valence-corrected chi connectivity index (χ1v) is 10.8. The number of hydrogen-bond donors (Lipinski definition) is 0. The summed E-state index contributed by atoms with van der Waals surface area (Å²) in [6.07, 6.45) is -0.421. The van der Waals surface area contributed by atoms with Gasteiger partial charge in [-0.15, -0.1) is 0 Å². The highest BCUT2D eigenvalue weighted by Gasteiger charge is 2.41. The highest BCUT2D eigenvalue weighted by atomic mass is 28.4. The zero-order valence-corrected chi connectivity index (χ0v) is 16.3. The fourth-order valence-electron chi connectivity index (χ4n) is 1.89. The van der Waals surface area contributed by atoms with Crippen molar-refractivity contribution < 1.29 is 18.8 Å². The number of ether oxygens (including phenoxy) is 1. The van der Waals surface area contributed by atoms with Gasteiger partial charge < -0.3 is 14.1 Å². The van der Waals surface area contributed by atoms with Gasteiger partial charge in [0.25, 0.3) is 0 Å². The van der Waals surface area contributed by atoms with Crippen LogP contribution in [0.5, 0.6) is 0 Å². The minimum Gasteiger partial charge on any atom is -0.444 e. The van der Waals surface area contributed by atoms with E-state index in [0.717, 1.165) is 0 Å². The number of hydrogen-bond acceptors (Lipinski definition) is 4. The molecule has 1 fully saturated rings. The van der Waals surface area contributed by atoms with E-state index in [-0.39, 0.29) is 23.3 Å². The van der Waals surface area contributed by atoms with Crippen molar-refractivity contribution in [1.29, 1.82) is 0 Å². The number of likely N-dealkylation sites (tertiary alicyclic amines) is 1. The Hall–Kier alpha value is -0.883. The van der Waals surface area contributed by atoms with Crippen LogP contribution in [-0.4, -0.2) is 50.4 Å². The predicted octanol–water partition coefficient (Wildman–Crippen LogP) is 3.44. The minimum absolute atomic E-state index is 0.0598. The molecule has 22 heavy (non-hydrogen) atoms. The quantitative estimate of drug-likeness (QED) is 0.744. The van der Waals surface area contributed by atoms with Crippen molar-refractivity contribution in [2.45, 2.75) is 65.3 Å². The van der Waals surface area contributed by atoms with Gasteiger partial charge >= 0.3 is 6.09 Å². The maximum absolute atomic E-state index is 12.1. The molecule has 0 radical (unpaired) electrons. The number of ketones is 1. The second kappa shape index (κ2) is 6.32. The molecule has 128 valence electrons. The summed E-state index contributed by atoms with van der Waals surface area (Å²) < 4.78 is 11.4. The third-order valence-electron chi connectivity index (χ3n) is 4.35. The molecular weight excluding hydrogens is 298 g/mol. The molecule has 0 aromatic heterocycles. The number of Topliss-reactive ketones (excluding diaryl/α,β-unsaturated/α-hetero) is 1. The number of nitrogens with zero attached hydrogens (tertiary/aromatic N) is 1. The van der Waals surface area contributed by atoms with Crippen LogP contribution in [0.25, 0.3) is 0 Å². The Morgan fingerprint density at radius 2 is 1.77 bits per heavy atom. The molecule has 0 bridgehead atoms. The van der Waals surface area contributed by atoms with Crippen molar-refractivity contribution in [2.75, 3.05) is 19.7 Å². The molecule has 0 saturated carbocycles. The third kappa shape index (κ3) is 5.09. The molecule has 0 N–H and O–H groups in total. The number of amides is 1. The summed E-state index contributed by atoms with van der Waals surface area (Å²) in [5.41, 5.74) is -0.546. The number of carbonyl (C=O) groups excluding carboxylic acids is 2. The van der Waals surface area contributed by atoms with E-state index in [4.69, 9.17) is 9.16 Å². The van der Waals surface area contributed by atoms with Gasteiger partial charge in [0.2, 0.25) is 0 Å². The van der Waals surface area contributed by atoms with Crippen molar-refractivity contribution in [1.82, 2.24) is 4.90 Å². The van der Waals surface area contributed by atoms with Crippen LogP contribution in [-0.2, 0) is 14.0 Å². The Balaban J connectivity index is 2.58. The first kappa shape index (κ1) is 19.2. The van der Waals surface area contributed by atoms with Crippen LogP contribution < -0.4 is 0 Å². The molecule has 0 spiro atoms. The molecule has 1 heterocycles. The van der Waals surface area contributed by atoms with Crippen LogP contribution in [0.15, 0.2) is 0 Å². The fraction of sp³-hybridized carbons (Fsp3) is 0.875. The monoisotopic (exact) mass is 329 g/mol. The van der Waals surface area contributed by atoms with E-state index in [0.29, 0.717) is 13.2 Å². The molecule has 0 aliphatic carbocycles. The third-order valence-corrected chi connectivity index (χ3v) is 8.85. The molecule has 6 heteroatoms. The van der Waals surface area contributed by atoms with Gasteiger partial charge in [0.15, 0.2) is 14.1 Å². The average molecular weight is 330 g/mol. The Kier molecular flexibility index (Phi) is 5.50. The normalized spacial score (nSPS) is 20.5. The van der Waals surface area contributed by atoms with Crippen molar-refractivity contribution in [3.05, 3.63) is 0 Å². The molecule has 1 aliphatic rings. The summed E-state index contributed by atoms with van der Waals surface area (Å²) in [6.45, 7) is 17.2. The maximum atomic E-state index is 12.1. The standard InChI is InChI=1S/C16H31NO4Si/c1-15(2,3)21-14(19)17-9-12(13(18)10-17)11-20-22(7,8)16(4,5)6/h12H,9-11H2,1-8H3/t12-/m0/s1. The maximum Gasteiger partial charge on any atom is 0.410 e. The molecule has 1 saturated heterocycles. The molecule has 1 amide bonds. The van der Waals surface area contributed by atoms with Gasteiger partial charge in [-0.25, -0.2) is 4.79 Å². The summed E-state index contributed by atoms with van der Waals surface area (Å²) in [7, 11) is -1.88. The van der Waals surface area contributed by atoms with Crippen LogP contribution in [0.2, 0.25) is 18.1 Å². The van der Waals surface area contributed by atoms with E-state index in [2.05, 4.69) is 33.9 Å². The minimum atomic E-state index is -1.88. The Morgan fingerprint density at radius 3 is 2.23 bits per heavy atom. The van der Waals surface area contributed by atoms with Crippen LogP contribution in [0.1, 0.15) is 41.5 Å². The molecule has 1 rings (SSSR count). The fourth-order valence-corrected chi connectivity index (χ4v) is 2.94. The number of carbonyl (C=O) groups is 2. The molecule has 1 aliphatic heterocycles. The predicted molar refractivity (Wildman–Crippen MR) is 89.5 cm³/mol. The van der Waals surface area contributed by atoms with Gasteiger partial charge in [-0.05, 0) is 38.9 Å². The zero-order chi connectivity index (χ0) is 17.3. The molecule has 5 nitrogen and oxygen atoms in total. The van der Waals surface area contributed by atoms with Gasteiger partial charge in [0, 0.05) is 13.2 Å². The lowest BCUT2D eigenvalue weighted by atomic mass is 10.1. The van der Waals surface area contributed by atoms with Crippen LogP contribution in [0, 0.1) is 5.92 Å². The molecular formula is C16H31NO4Si. The lowest BCUT2D eigenvalue weighted by molar-refractivity contribution is -0.120. The topological polar surface area (TPSA) is 55.8 Å². The number of rotatable bonds is 3. The van der Waals surface area contributed by atoms with Crippen molar-refractivity contribution in [3.8, 4) is 0 Å². The highest BCUT2D eigenvalue weighted by Crippen LogP contribution is 2.37. The van der Waals surface area contributed by atoms with E-state index in [1.165, 1.54) is 4.90 Å².